The van der Waals surface area contributed by atoms with Crippen molar-refractivity contribution in [3.05, 3.63) is 0 Å². The zero-order valence-electron chi connectivity index (χ0n) is 10.4. The minimum Gasteiger partial charge on any atom is -0.374 e. The summed E-state index contributed by atoms with van der Waals surface area (Å²) in [6.45, 7) is 1.88. The molecule has 1 saturated heterocycles. The second kappa shape index (κ2) is 5.93. The highest BCUT2D eigenvalue weighted by Gasteiger charge is 2.57. The number of carbonyl (C=O) groups is 1. The molecule has 1 aliphatic heterocycles. The molecule has 6 heteroatoms. The molecule has 2 aliphatic rings. The van der Waals surface area contributed by atoms with Gasteiger partial charge < -0.3 is 15.4 Å². The van der Waals surface area contributed by atoms with Crippen LogP contribution in [-0.4, -0.2) is 45.2 Å². The molecule has 2 rings (SSSR count). The van der Waals surface area contributed by atoms with Gasteiger partial charge in [-0.25, -0.2) is 8.78 Å². The van der Waals surface area contributed by atoms with Gasteiger partial charge in [-0.1, -0.05) is 0 Å². The molecule has 104 valence electrons. The Bertz CT molecular complexity index is 294. The van der Waals surface area contributed by atoms with Crippen molar-refractivity contribution >= 4 is 5.91 Å². The standard InChI is InChI=1S/C12H20F2N2O2/c13-10(14)8-18-6-5-16-11(17)9-7-12(9)1-3-15-4-2-12/h9-10,15H,1-8H2,(H,16,17). The highest BCUT2D eigenvalue weighted by Crippen LogP contribution is 2.58. The summed E-state index contributed by atoms with van der Waals surface area (Å²) in [5, 5.41) is 6.05. The molecule has 0 aromatic rings. The first-order valence-corrected chi connectivity index (χ1v) is 6.48. The van der Waals surface area contributed by atoms with E-state index in [1.54, 1.807) is 0 Å². The predicted molar refractivity (Wildman–Crippen MR) is 62.5 cm³/mol. The first-order valence-electron chi connectivity index (χ1n) is 6.48. The topological polar surface area (TPSA) is 50.4 Å². The van der Waals surface area contributed by atoms with E-state index in [0.29, 0.717) is 6.54 Å². The van der Waals surface area contributed by atoms with Gasteiger partial charge in [0.05, 0.1) is 6.61 Å². The molecule has 0 bridgehead atoms. The fourth-order valence-electron chi connectivity index (χ4n) is 2.74. The summed E-state index contributed by atoms with van der Waals surface area (Å²) in [5.74, 6) is 0.173. The fraction of sp³-hybridized carbons (Fsp3) is 0.917. The summed E-state index contributed by atoms with van der Waals surface area (Å²) >= 11 is 0. The van der Waals surface area contributed by atoms with Gasteiger partial charge in [-0.05, 0) is 37.8 Å². The molecular weight excluding hydrogens is 242 g/mol. The third-order valence-electron chi connectivity index (χ3n) is 3.90. The van der Waals surface area contributed by atoms with Crippen LogP contribution in [0, 0.1) is 11.3 Å². The van der Waals surface area contributed by atoms with Crippen LogP contribution in [0.15, 0.2) is 0 Å². The summed E-state index contributed by atoms with van der Waals surface area (Å²) in [5.41, 5.74) is 0.221. The van der Waals surface area contributed by atoms with E-state index < -0.39 is 13.0 Å². The summed E-state index contributed by atoms with van der Waals surface area (Å²) in [4.78, 5) is 11.8. The Morgan fingerprint density at radius 1 is 1.44 bits per heavy atom. The maximum Gasteiger partial charge on any atom is 0.261 e. The molecule has 1 spiro atoms. The van der Waals surface area contributed by atoms with E-state index in [4.69, 9.17) is 4.74 Å². The monoisotopic (exact) mass is 262 g/mol. The van der Waals surface area contributed by atoms with Crippen molar-refractivity contribution in [2.24, 2.45) is 11.3 Å². The highest BCUT2D eigenvalue weighted by molar-refractivity contribution is 5.82. The number of amides is 1. The van der Waals surface area contributed by atoms with Crippen molar-refractivity contribution in [2.45, 2.75) is 25.7 Å². The van der Waals surface area contributed by atoms with Crippen molar-refractivity contribution in [2.75, 3.05) is 32.8 Å². The van der Waals surface area contributed by atoms with Crippen LogP contribution in [0.25, 0.3) is 0 Å². The number of halogens is 2. The Morgan fingerprint density at radius 2 is 2.17 bits per heavy atom. The molecule has 0 radical (unpaired) electrons. The van der Waals surface area contributed by atoms with E-state index in [0.717, 1.165) is 32.4 Å². The van der Waals surface area contributed by atoms with E-state index in [9.17, 15) is 13.6 Å². The highest BCUT2D eigenvalue weighted by atomic mass is 19.3. The lowest BCUT2D eigenvalue weighted by Crippen LogP contribution is -2.34. The maximum absolute atomic E-state index is 11.8. The maximum atomic E-state index is 11.8. The second-order valence-corrected chi connectivity index (χ2v) is 5.13. The molecule has 0 aromatic heterocycles. The molecule has 4 nitrogen and oxygen atoms in total. The molecule has 2 N–H and O–H groups in total. The number of alkyl halides is 2. The molecule has 1 amide bonds. The third-order valence-corrected chi connectivity index (χ3v) is 3.90. The van der Waals surface area contributed by atoms with Gasteiger partial charge in [0.1, 0.15) is 6.61 Å². The van der Waals surface area contributed by atoms with Gasteiger partial charge in [-0.2, -0.15) is 0 Å². The average Bonchev–Trinajstić information content (AvgIpc) is 3.03. The van der Waals surface area contributed by atoms with Crippen molar-refractivity contribution in [1.82, 2.24) is 10.6 Å². The van der Waals surface area contributed by atoms with Crippen LogP contribution in [-0.2, 0) is 9.53 Å². The fourth-order valence-corrected chi connectivity index (χ4v) is 2.74. The lowest BCUT2D eigenvalue weighted by atomic mass is 9.92. The number of carbonyl (C=O) groups excluding carboxylic acids is 1. The van der Waals surface area contributed by atoms with E-state index in [1.807, 2.05) is 0 Å². The van der Waals surface area contributed by atoms with Gasteiger partial charge in [-0.15, -0.1) is 0 Å². The Morgan fingerprint density at radius 3 is 2.83 bits per heavy atom. The lowest BCUT2D eigenvalue weighted by Gasteiger charge is -2.23. The van der Waals surface area contributed by atoms with Crippen LogP contribution in [0.5, 0.6) is 0 Å². The van der Waals surface area contributed by atoms with Crippen molar-refractivity contribution in [1.29, 1.82) is 0 Å². The zero-order valence-corrected chi connectivity index (χ0v) is 10.4. The van der Waals surface area contributed by atoms with E-state index in [1.165, 1.54) is 0 Å². The molecular formula is C12H20F2N2O2. The number of piperidine rings is 1. The number of nitrogens with one attached hydrogen (secondary N) is 2. The molecule has 1 unspecified atom stereocenters. The van der Waals surface area contributed by atoms with E-state index in [-0.39, 0.29) is 23.8 Å². The lowest BCUT2D eigenvalue weighted by molar-refractivity contribution is -0.123. The number of hydrogen-bond donors (Lipinski definition) is 2. The molecule has 18 heavy (non-hydrogen) atoms. The number of hydrogen-bond acceptors (Lipinski definition) is 3. The van der Waals surface area contributed by atoms with Crippen LogP contribution in [0.3, 0.4) is 0 Å². The van der Waals surface area contributed by atoms with E-state index in [2.05, 4.69) is 10.6 Å². The molecule has 1 aliphatic carbocycles. The number of rotatable bonds is 6. The van der Waals surface area contributed by atoms with Gasteiger partial charge in [0.25, 0.3) is 6.43 Å². The van der Waals surface area contributed by atoms with Gasteiger partial charge in [-0.3, -0.25) is 4.79 Å². The SMILES string of the molecule is O=C(NCCOCC(F)F)C1CC12CCNCC2. The van der Waals surface area contributed by atoms with Crippen LogP contribution in [0.4, 0.5) is 8.78 Å². The molecule has 1 atom stereocenters. The average molecular weight is 262 g/mol. The first-order chi connectivity index (χ1) is 8.64. The largest absolute Gasteiger partial charge is 0.374 e. The Labute approximate surface area is 105 Å². The quantitative estimate of drug-likeness (QED) is 0.695. The summed E-state index contributed by atoms with van der Waals surface area (Å²) in [6.07, 6.45) is 0.653. The van der Waals surface area contributed by atoms with Gasteiger partial charge in [0, 0.05) is 12.5 Å². The minimum absolute atomic E-state index is 0.0533. The van der Waals surface area contributed by atoms with Crippen LogP contribution in [0.2, 0.25) is 0 Å². The van der Waals surface area contributed by atoms with Crippen LogP contribution < -0.4 is 10.6 Å². The first kappa shape index (κ1) is 13.7. The Hall–Kier alpha value is -0.750. The van der Waals surface area contributed by atoms with E-state index >= 15 is 0 Å². The molecule has 2 fully saturated rings. The Kier molecular flexibility index (Phi) is 4.50. The van der Waals surface area contributed by atoms with Gasteiger partial charge in [0.15, 0.2) is 0 Å². The van der Waals surface area contributed by atoms with Crippen molar-refractivity contribution in [3.63, 3.8) is 0 Å². The molecule has 0 aromatic carbocycles. The predicted octanol–water partition coefficient (Wildman–Crippen LogP) is 0.774. The summed E-state index contributed by atoms with van der Waals surface area (Å²) in [6, 6.07) is 0. The molecule has 1 saturated carbocycles. The van der Waals surface area contributed by atoms with Crippen LogP contribution >= 0.6 is 0 Å². The van der Waals surface area contributed by atoms with Crippen molar-refractivity contribution < 1.29 is 18.3 Å². The van der Waals surface area contributed by atoms with Crippen LogP contribution in [0.1, 0.15) is 19.3 Å². The summed E-state index contributed by atoms with van der Waals surface area (Å²) in [7, 11) is 0. The second-order valence-electron chi connectivity index (χ2n) is 5.13. The normalized spacial score (nSPS) is 25.4. The van der Waals surface area contributed by atoms with Crippen molar-refractivity contribution in [3.8, 4) is 0 Å². The van der Waals surface area contributed by atoms with Gasteiger partial charge >= 0.3 is 0 Å². The summed E-state index contributed by atoms with van der Waals surface area (Å²) < 4.78 is 28.3. The number of ether oxygens (including phenoxy) is 1. The molecule has 1 heterocycles. The Balaban J connectivity index is 1.59. The zero-order chi connectivity index (χ0) is 13.0. The minimum atomic E-state index is -2.44. The van der Waals surface area contributed by atoms with Gasteiger partial charge in [0.2, 0.25) is 5.91 Å². The smallest absolute Gasteiger partial charge is 0.261 e. The third kappa shape index (κ3) is 3.38.